The Morgan fingerprint density at radius 3 is 2.75 bits per heavy atom. The Labute approximate surface area is 123 Å². The van der Waals surface area contributed by atoms with Crippen molar-refractivity contribution in [3.8, 4) is 0 Å². The van der Waals surface area contributed by atoms with Gasteiger partial charge in [0.25, 0.3) is 0 Å². The highest BCUT2D eigenvalue weighted by Gasteiger charge is 2.25. The molecule has 5 nitrogen and oxygen atoms in total. The van der Waals surface area contributed by atoms with Crippen LogP contribution in [0, 0.1) is 0 Å². The Balaban J connectivity index is 2.37. The summed E-state index contributed by atoms with van der Waals surface area (Å²) in [5, 5.41) is 6.45. The molecule has 5 heteroatoms. The van der Waals surface area contributed by atoms with Crippen LogP contribution in [0.3, 0.4) is 0 Å². The number of likely N-dealkylation sites (tertiary alicyclic amines) is 1. The van der Waals surface area contributed by atoms with Crippen LogP contribution in [0.2, 0.25) is 0 Å². The highest BCUT2D eigenvalue weighted by Crippen LogP contribution is 2.16. The van der Waals surface area contributed by atoms with Crippen LogP contribution in [0.25, 0.3) is 0 Å². The number of carbonyl (C=O) groups excluding carboxylic acids is 1. The topological polar surface area (TPSA) is 53.6 Å². The van der Waals surface area contributed by atoms with Crippen LogP contribution in [0.5, 0.6) is 0 Å². The molecule has 0 spiro atoms. The van der Waals surface area contributed by atoms with Crippen molar-refractivity contribution < 1.29 is 9.53 Å². The average Bonchev–Trinajstić information content (AvgIpc) is 2.34. The molecule has 1 unspecified atom stereocenters. The van der Waals surface area contributed by atoms with E-state index < -0.39 is 0 Å². The van der Waals surface area contributed by atoms with Gasteiger partial charge in [0, 0.05) is 31.8 Å². The predicted molar refractivity (Wildman–Crippen MR) is 81.9 cm³/mol. The smallest absolute Gasteiger partial charge is 0.234 e. The van der Waals surface area contributed by atoms with Crippen molar-refractivity contribution in [2.45, 2.75) is 51.6 Å². The lowest BCUT2D eigenvalue weighted by Crippen LogP contribution is -2.52. The second-order valence-electron chi connectivity index (χ2n) is 6.62. The van der Waals surface area contributed by atoms with Crippen LogP contribution in [0.4, 0.5) is 0 Å². The lowest BCUT2D eigenvalue weighted by atomic mass is 10.0. The number of piperidine rings is 1. The van der Waals surface area contributed by atoms with Crippen molar-refractivity contribution in [2.24, 2.45) is 0 Å². The minimum absolute atomic E-state index is 0.126. The first-order valence-corrected chi connectivity index (χ1v) is 7.67. The Bertz CT molecular complexity index is 289. The van der Waals surface area contributed by atoms with Gasteiger partial charge < -0.3 is 15.4 Å². The molecule has 1 fully saturated rings. The molecule has 2 N–H and O–H groups in total. The monoisotopic (exact) mass is 285 g/mol. The molecule has 1 aliphatic heterocycles. The number of rotatable bonds is 7. The van der Waals surface area contributed by atoms with E-state index in [0.29, 0.717) is 12.6 Å². The lowest BCUT2D eigenvalue weighted by molar-refractivity contribution is -0.124. The number of ether oxygens (including phenoxy) is 1. The third kappa shape index (κ3) is 7.22. The third-order valence-corrected chi connectivity index (χ3v) is 3.47. The van der Waals surface area contributed by atoms with Gasteiger partial charge in [0.1, 0.15) is 0 Å². The summed E-state index contributed by atoms with van der Waals surface area (Å²) >= 11 is 0. The first kappa shape index (κ1) is 17.4. The summed E-state index contributed by atoms with van der Waals surface area (Å²) in [6, 6.07) is 0.464. The molecule has 0 aromatic rings. The van der Waals surface area contributed by atoms with E-state index in [0.717, 1.165) is 26.2 Å². The molecule has 0 bridgehead atoms. The van der Waals surface area contributed by atoms with E-state index >= 15 is 0 Å². The molecule has 1 heterocycles. The maximum absolute atomic E-state index is 12.1. The highest BCUT2D eigenvalue weighted by atomic mass is 16.5. The first-order chi connectivity index (χ1) is 9.42. The van der Waals surface area contributed by atoms with Crippen molar-refractivity contribution in [1.82, 2.24) is 15.5 Å². The van der Waals surface area contributed by atoms with E-state index in [1.165, 1.54) is 19.3 Å². The molecular formula is C15H31N3O2. The fraction of sp³-hybridized carbons (Fsp3) is 0.933. The maximum Gasteiger partial charge on any atom is 0.234 e. The zero-order valence-corrected chi connectivity index (χ0v) is 13.5. The largest absolute Gasteiger partial charge is 0.383 e. The van der Waals surface area contributed by atoms with E-state index in [1.54, 1.807) is 7.11 Å². The summed E-state index contributed by atoms with van der Waals surface area (Å²) in [6.07, 6.45) is 3.62. The van der Waals surface area contributed by atoms with Crippen LogP contribution in [-0.4, -0.2) is 62.3 Å². The van der Waals surface area contributed by atoms with E-state index in [2.05, 4.69) is 15.5 Å². The van der Waals surface area contributed by atoms with E-state index in [9.17, 15) is 4.79 Å². The molecule has 0 aromatic carbocycles. The molecule has 1 aliphatic rings. The molecule has 1 atom stereocenters. The van der Waals surface area contributed by atoms with Crippen LogP contribution >= 0.6 is 0 Å². The molecule has 1 amide bonds. The van der Waals surface area contributed by atoms with E-state index in [-0.39, 0.29) is 11.4 Å². The second-order valence-corrected chi connectivity index (χ2v) is 6.62. The number of amides is 1. The minimum atomic E-state index is -0.154. The van der Waals surface area contributed by atoms with Crippen LogP contribution in [-0.2, 0) is 9.53 Å². The minimum Gasteiger partial charge on any atom is -0.383 e. The highest BCUT2D eigenvalue weighted by molar-refractivity contribution is 5.78. The Kier molecular flexibility index (Phi) is 7.48. The lowest BCUT2D eigenvalue weighted by Gasteiger charge is -2.36. The Hall–Kier alpha value is -0.650. The molecule has 0 aliphatic carbocycles. The van der Waals surface area contributed by atoms with E-state index in [1.807, 2.05) is 20.8 Å². The summed E-state index contributed by atoms with van der Waals surface area (Å²) in [6.45, 7) is 10.1. The van der Waals surface area contributed by atoms with Gasteiger partial charge in [0.15, 0.2) is 0 Å². The van der Waals surface area contributed by atoms with Crippen molar-refractivity contribution in [3.05, 3.63) is 0 Å². The van der Waals surface area contributed by atoms with Gasteiger partial charge in [-0.3, -0.25) is 9.69 Å². The standard InChI is InChI=1S/C15H31N3O2/c1-15(2,3)17-14(19)12-18-9-6-5-7-13(18)11-16-8-10-20-4/h13,16H,5-12H2,1-4H3,(H,17,19). The molecule has 1 saturated heterocycles. The molecular weight excluding hydrogens is 254 g/mol. The summed E-state index contributed by atoms with van der Waals surface area (Å²) in [7, 11) is 1.71. The summed E-state index contributed by atoms with van der Waals surface area (Å²) in [4.78, 5) is 14.4. The second kappa shape index (κ2) is 8.60. The Morgan fingerprint density at radius 1 is 1.35 bits per heavy atom. The molecule has 0 radical (unpaired) electrons. The molecule has 118 valence electrons. The fourth-order valence-corrected chi connectivity index (χ4v) is 2.58. The number of nitrogens with one attached hydrogen (secondary N) is 2. The maximum atomic E-state index is 12.1. The fourth-order valence-electron chi connectivity index (χ4n) is 2.58. The van der Waals surface area contributed by atoms with Crippen molar-refractivity contribution in [3.63, 3.8) is 0 Å². The number of hydrogen-bond acceptors (Lipinski definition) is 4. The van der Waals surface area contributed by atoms with Gasteiger partial charge in [0.2, 0.25) is 5.91 Å². The van der Waals surface area contributed by atoms with Gasteiger partial charge in [-0.1, -0.05) is 6.42 Å². The molecule has 0 saturated carbocycles. The van der Waals surface area contributed by atoms with Gasteiger partial charge in [0.05, 0.1) is 13.2 Å². The molecule has 1 rings (SSSR count). The molecule has 0 aromatic heterocycles. The van der Waals surface area contributed by atoms with Gasteiger partial charge in [-0.05, 0) is 40.2 Å². The Morgan fingerprint density at radius 2 is 2.10 bits per heavy atom. The van der Waals surface area contributed by atoms with E-state index in [4.69, 9.17) is 4.74 Å². The van der Waals surface area contributed by atoms with Crippen molar-refractivity contribution >= 4 is 5.91 Å². The summed E-state index contributed by atoms with van der Waals surface area (Å²) in [5.41, 5.74) is -0.154. The summed E-state index contributed by atoms with van der Waals surface area (Å²) < 4.78 is 5.04. The predicted octanol–water partition coefficient (Wildman–Crippen LogP) is 0.992. The quantitative estimate of drug-likeness (QED) is 0.685. The van der Waals surface area contributed by atoms with Gasteiger partial charge >= 0.3 is 0 Å². The zero-order chi connectivity index (χ0) is 15.0. The number of nitrogens with zero attached hydrogens (tertiary/aromatic N) is 1. The third-order valence-electron chi connectivity index (χ3n) is 3.47. The van der Waals surface area contributed by atoms with Gasteiger partial charge in [-0.15, -0.1) is 0 Å². The average molecular weight is 285 g/mol. The SMILES string of the molecule is COCCNCC1CCCCN1CC(=O)NC(C)(C)C. The summed E-state index contributed by atoms with van der Waals surface area (Å²) in [5.74, 6) is 0.126. The first-order valence-electron chi connectivity index (χ1n) is 7.67. The zero-order valence-electron chi connectivity index (χ0n) is 13.5. The van der Waals surface area contributed by atoms with Crippen molar-refractivity contribution in [1.29, 1.82) is 0 Å². The van der Waals surface area contributed by atoms with Crippen LogP contribution in [0.15, 0.2) is 0 Å². The van der Waals surface area contributed by atoms with Gasteiger partial charge in [-0.2, -0.15) is 0 Å². The van der Waals surface area contributed by atoms with Crippen LogP contribution < -0.4 is 10.6 Å². The number of methoxy groups -OCH3 is 1. The number of hydrogen-bond donors (Lipinski definition) is 2. The molecule has 20 heavy (non-hydrogen) atoms. The number of carbonyl (C=O) groups is 1. The van der Waals surface area contributed by atoms with Crippen LogP contribution in [0.1, 0.15) is 40.0 Å². The normalized spacial score (nSPS) is 20.9. The van der Waals surface area contributed by atoms with Gasteiger partial charge in [-0.25, -0.2) is 0 Å². The van der Waals surface area contributed by atoms with Crippen molar-refractivity contribution in [2.75, 3.05) is 39.9 Å².